The van der Waals surface area contributed by atoms with Crippen LogP contribution in [0.3, 0.4) is 0 Å². The zero-order chi connectivity index (χ0) is 19.9. The molecule has 1 amide bonds. The van der Waals surface area contributed by atoms with Crippen LogP contribution in [0, 0.1) is 0 Å². The van der Waals surface area contributed by atoms with Crippen molar-refractivity contribution < 1.29 is 4.79 Å². The second-order valence-corrected chi connectivity index (χ2v) is 7.53. The molecular weight excluding hydrogens is 362 g/mol. The molecule has 0 aliphatic heterocycles. The van der Waals surface area contributed by atoms with Gasteiger partial charge in [-0.05, 0) is 25.0 Å². The number of H-pyrrole nitrogens is 2. The van der Waals surface area contributed by atoms with Crippen molar-refractivity contribution in [2.75, 3.05) is 12.3 Å². The number of thiol groups is 1. The van der Waals surface area contributed by atoms with E-state index in [9.17, 15) is 14.4 Å². The maximum atomic E-state index is 12.6. The summed E-state index contributed by atoms with van der Waals surface area (Å²) in [5.41, 5.74) is -0.491. The molecule has 154 valence electrons. The highest BCUT2D eigenvalue weighted by Gasteiger charge is 2.14. The number of aromatic nitrogens is 2. The molecule has 27 heavy (non-hydrogen) atoms. The smallest absolute Gasteiger partial charge is 0.325 e. The predicted octanol–water partition coefficient (Wildman–Crippen LogP) is 3.63. The van der Waals surface area contributed by atoms with E-state index in [-0.39, 0.29) is 12.5 Å². The number of rotatable bonds is 15. The first-order valence-corrected chi connectivity index (χ1v) is 10.9. The number of hydrogen-bond acceptors (Lipinski definition) is 4. The highest BCUT2D eigenvalue weighted by molar-refractivity contribution is 7.80. The molecule has 2 N–H and O–H groups in total. The van der Waals surface area contributed by atoms with E-state index in [1.54, 1.807) is 4.90 Å². The van der Waals surface area contributed by atoms with Gasteiger partial charge in [-0.25, -0.2) is 4.79 Å². The van der Waals surface area contributed by atoms with Crippen LogP contribution >= 0.6 is 12.6 Å². The van der Waals surface area contributed by atoms with Crippen LogP contribution in [0.4, 0.5) is 0 Å². The van der Waals surface area contributed by atoms with Gasteiger partial charge in [-0.2, -0.15) is 12.6 Å². The quantitative estimate of drug-likeness (QED) is 0.312. The SMILES string of the molecule is CCCCN(Cc1cc(=O)[nH]c(=O)[nH]1)C(=O)CCCCCCCCCCS. The maximum Gasteiger partial charge on any atom is 0.325 e. The molecule has 1 aromatic heterocycles. The molecule has 1 rings (SSSR count). The molecule has 0 saturated heterocycles. The van der Waals surface area contributed by atoms with E-state index in [1.807, 2.05) is 0 Å². The highest BCUT2D eigenvalue weighted by Crippen LogP contribution is 2.12. The van der Waals surface area contributed by atoms with Gasteiger partial charge in [0.25, 0.3) is 5.56 Å². The van der Waals surface area contributed by atoms with E-state index >= 15 is 0 Å². The minimum Gasteiger partial charge on any atom is -0.337 e. The lowest BCUT2D eigenvalue weighted by molar-refractivity contribution is -0.132. The minimum atomic E-state index is -0.533. The summed E-state index contributed by atoms with van der Waals surface area (Å²) in [6, 6.07) is 1.35. The molecule has 6 nitrogen and oxygen atoms in total. The minimum absolute atomic E-state index is 0.0957. The van der Waals surface area contributed by atoms with E-state index in [2.05, 4.69) is 29.5 Å². The zero-order valence-electron chi connectivity index (χ0n) is 16.6. The largest absolute Gasteiger partial charge is 0.337 e. The first-order valence-electron chi connectivity index (χ1n) is 10.3. The van der Waals surface area contributed by atoms with Gasteiger partial charge in [-0.1, -0.05) is 51.9 Å². The summed E-state index contributed by atoms with van der Waals surface area (Å²) in [4.78, 5) is 41.9. The molecule has 0 aliphatic carbocycles. The third-order valence-electron chi connectivity index (χ3n) is 4.61. The van der Waals surface area contributed by atoms with Gasteiger partial charge in [0.15, 0.2) is 0 Å². The Hall–Kier alpha value is -1.50. The molecule has 1 heterocycles. The number of aromatic amines is 2. The Kier molecular flexibility index (Phi) is 12.7. The first kappa shape index (κ1) is 23.5. The van der Waals surface area contributed by atoms with Gasteiger partial charge < -0.3 is 9.88 Å². The van der Waals surface area contributed by atoms with Gasteiger partial charge in [0, 0.05) is 24.7 Å². The van der Waals surface area contributed by atoms with Gasteiger partial charge in [-0.15, -0.1) is 0 Å². The molecule has 7 heteroatoms. The van der Waals surface area contributed by atoms with Gasteiger partial charge in [-0.3, -0.25) is 14.6 Å². The normalized spacial score (nSPS) is 10.9. The van der Waals surface area contributed by atoms with Crippen molar-refractivity contribution in [3.63, 3.8) is 0 Å². The molecule has 1 aromatic rings. The Morgan fingerprint density at radius 1 is 0.963 bits per heavy atom. The molecule has 0 unspecified atom stereocenters. The third kappa shape index (κ3) is 11.1. The van der Waals surface area contributed by atoms with Crippen molar-refractivity contribution in [2.24, 2.45) is 0 Å². The number of unbranched alkanes of at least 4 members (excludes halogenated alkanes) is 8. The summed E-state index contributed by atoms with van der Waals surface area (Å²) in [6.45, 7) is 3.01. The van der Waals surface area contributed by atoms with Crippen LogP contribution < -0.4 is 11.2 Å². The van der Waals surface area contributed by atoms with Crippen molar-refractivity contribution in [1.29, 1.82) is 0 Å². The van der Waals surface area contributed by atoms with Crippen molar-refractivity contribution in [3.8, 4) is 0 Å². The van der Waals surface area contributed by atoms with Crippen molar-refractivity contribution >= 4 is 18.5 Å². The zero-order valence-corrected chi connectivity index (χ0v) is 17.5. The maximum absolute atomic E-state index is 12.6. The molecule has 0 fully saturated rings. The monoisotopic (exact) mass is 397 g/mol. The van der Waals surface area contributed by atoms with E-state index in [1.165, 1.54) is 44.6 Å². The molecular formula is C20H35N3O3S. The number of nitrogens with one attached hydrogen (secondary N) is 2. The van der Waals surface area contributed by atoms with Gasteiger partial charge in [0.05, 0.1) is 6.54 Å². The van der Waals surface area contributed by atoms with Gasteiger partial charge in [0.1, 0.15) is 0 Å². The summed E-state index contributed by atoms with van der Waals surface area (Å²) in [7, 11) is 0. The van der Waals surface area contributed by atoms with Crippen molar-refractivity contribution in [2.45, 2.75) is 84.1 Å². The summed E-state index contributed by atoms with van der Waals surface area (Å²) >= 11 is 4.22. The molecule has 0 radical (unpaired) electrons. The molecule has 0 aromatic carbocycles. The summed E-state index contributed by atoms with van der Waals surface area (Å²) in [6.07, 6.45) is 11.8. The second-order valence-electron chi connectivity index (χ2n) is 7.08. The Balaban J connectivity index is 2.37. The lowest BCUT2D eigenvalue weighted by Crippen LogP contribution is -2.33. The molecule has 0 atom stereocenters. The third-order valence-corrected chi connectivity index (χ3v) is 4.93. The van der Waals surface area contributed by atoms with Crippen LogP contribution in [0.2, 0.25) is 0 Å². The Morgan fingerprint density at radius 3 is 2.19 bits per heavy atom. The molecule has 0 bridgehead atoms. The molecule has 0 saturated carbocycles. The Labute approximate surface area is 167 Å². The number of amides is 1. The van der Waals surface area contributed by atoms with Crippen LogP contribution in [0.15, 0.2) is 15.7 Å². The highest BCUT2D eigenvalue weighted by atomic mass is 32.1. The fraction of sp³-hybridized carbons (Fsp3) is 0.750. The van der Waals surface area contributed by atoms with Crippen molar-refractivity contribution in [1.82, 2.24) is 14.9 Å². The second kappa shape index (κ2) is 14.5. The summed E-state index contributed by atoms with van der Waals surface area (Å²) in [5, 5.41) is 0. The predicted molar refractivity (Wildman–Crippen MR) is 113 cm³/mol. The Bertz CT molecular complexity index is 614. The number of hydrogen-bond donors (Lipinski definition) is 3. The van der Waals surface area contributed by atoms with Crippen LogP contribution in [-0.4, -0.2) is 33.1 Å². The fourth-order valence-corrected chi connectivity index (χ4v) is 3.28. The lowest BCUT2D eigenvalue weighted by Gasteiger charge is -2.22. The van der Waals surface area contributed by atoms with Crippen molar-refractivity contribution in [3.05, 3.63) is 32.6 Å². The van der Waals surface area contributed by atoms with E-state index in [0.29, 0.717) is 18.7 Å². The van der Waals surface area contributed by atoms with Crippen LogP contribution in [0.5, 0.6) is 0 Å². The lowest BCUT2D eigenvalue weighted by atomic mass is 10.1. The topological polar surface area (TPSA) is 86.0 Å². The number of carbonyl (C=O) groups is 1. The fourth-order valence-electron chi connectivity index (χ4n) is 3.06. The standard InChI is InChI=1S/C20H35N3O3S/c1-2-3-13-23(16-17-15-18(24)22-20(26)21-17)19(25)12-10-8-6-4-5-7-9-11-14-27/h15,27H,2-14,16H2,1H3,(H2,21,22,24,26). The summed E-state index contributed by atoms with van der Waals surface area (Å²) in [5.74, 6) is 1.07. The van der Waals surface area contributed by atoms with Gasteiger partial charge >= 0.3 is 5.69 Å². The van der Waals surface area contributed by atoms with E-state index < -0.39 is 11.2 Å². The Morgan fingerprint density at radius 2 is 1.59 bits per heavy atom. The number of nitrogens with zero attached hydrogens (tertiary/aromatic N) is 1. The van der Waals surface area contributed by atoms with Crippen LogP contribution in [-0.2, 0) is 11.3 Å². The average molecular weight is 398 g/mol. The van der Waals surface area contributed by atoms with Gasteiger partial charge in [0.2, 0.25) is 5.91 Å². The van der Waals surface area contributed by atoms with E-state index in [4.69, 9.17) is 0 Å². The number of carbonyl (C=O) groups excluding carboxylic acids is 1. The summed E-state index contributed by atoms with van der Waals surface area (Å²) < 4.78 is 0. The van der Waals surface area contributed by atoms with Crippen LogP contribution in [0.25, 0.3) is 0 Å². The van der Waals surface area contributed by atoms with Crippen LogP contribution in [0.1, 0.15) is 83.2 Å². The molecule has 0 spiro atoms. The first-order chi connectivity index (χ1) is 13.1. The average Bonchev–Trinajstić information content (AvgIpc) is 2.62. The van der Waals surface area contributed by atoms with E-state index in [0.717, 1.165) is 31.4 Å². The molecule has 0 aliphatic rings.